The molecule has 0 heterocycles. The van der Waals surface area contributed by atoms with E-state index in [1.54, 1.807) is 0 Å². The van der Waals surface area contributed by atoms with Gasteiger partial charge in [0.05, 0.1) is 6.61 Å². The Bertz CT molecular complexity index is 565. The molecular formula is C20H35IN4O2. The predicted octanol–water partition coefficient (Wildman–Crippen LogP) is 2.68. The Labute approximate surface area is 181 Å². The number of rotatable bonds is 11. The smallest absolute Gasteiger partial charge is 0.193 e. The Morgan fingerprint density at radius 1 is 1.19 bits per heavy atom. The molecule has 0 unspecified atom stereocenters. The highest BCUT2D eigenvalue weighted by atomic mass is 127. The molecule has 0 amide bonds. The molecule has 1 aliphatic rings. The maximum absolute atomic E-state index is 5.80. The van der Waals surface area contributed by atoms with Crippen molar-refractivity contribution in [2.75, 3.05) is 61.1 Å². The van der Waals surface area contributed by atoms with Gasteiger partial charge in [-0.25, -0.2) is 0 Å². The molecule has 0 saturated heterocycles. The van der Waals surface area contributed by atoms with Gasteiger partial charge in [0.25, 0.3) is 0 Å². The predicted molar refractivity (Wildman–Crippen MR) is 122 cm³/mol. The molecule has 7 heteroatoms. The highest BCUT2D eigenvalue weighted by molar-refractivity contribution is 14.0. The lowest BCUT2D eigenvalue weighted by atomic mass is 10.2. The van der Waals surface area contributed by atoms with Gasteiger partial charge in [-0.1, -0.05) is 12.1 Å². The standard InChI is InChI=1S/C20H34N4O2.HI/c1-21-20(24(4)11-12-25-16-17-8-9-17)22-15-18-6-5-7-19(14-18)26-13-10-23(2)3;/h5-7,14,17H,8-13,15-16H2,1-4H3,(H,21,22);1H. The third kappa shape index (κ3) is 10.2. The fourth-order valence-electron chi connectivity index (χ4n) is 2.50. The van der Waals surface area contributed by atoms with Gasteiger partial charge < -0.3 is 24.6 Å². The Morgan fingerprint density at radius 2 is 1.96 bits per heavy atom. The Kier molecular flexibility index (Phi) is 11.7. The minimum Gasteiger partial charge on any atom is -0.492 e. The number of aliphatic imine (C=N–C) groups is 1. The van der Waals surface area contributed by atoms with Crippen LogP contribution in [0.2, 0.25) is 0 Å². The van der Waals surface area contributed by atoms with Crippen LogP contribution in [0, 0.1) is 5.92 Å². The molecule has 1 saturated carbocycles. The minimum absolute atomic E-state index is 0. The van der Waals surface area contributed by atoms with E-state index in [0.717, 1.165) is 43.9 Å². The average molecular weight is 490 g/mol. The lowest BCUT2D eigenvalue weighted by Gasteiger charge is -2.22. The molecule has 0 bridgehead atoms. The van der Waals surface area contributed by atoms with Crippen molar-refractivity contribution in [3.8, 4) is 5.75 Å². The zero-order valence-electron chi connectivity index (χ0n) is 17.1. The summed E-state index contributed by atoms with van der Waals surface area (Å²) in [5.41, 5.74) is 1.17. The van der Waals surface area contributed by atoms with Crippen LogP contribution in [-0.4, -0.2) is 76.9 Å². The fourth-order valence-corrected chi connectivity index (χ4v) is 2.50. The van der Waals surface area contributed by atoms with Crippen molar-refractivity contribution in [3.05, 3.63) is 29.8 Å². The number of ether oxygens (including phenoxy) is 2. The lowest BCUT2D eigenvalue weighted by molar-refractivity contribution is 0.115. The summed E-state index contributed by atoms with van der Waals surface area (Å²) in [5.74, 6) is 2.59. The number of likely N-dealkylation sites (N-methyl/N-ethyl adjacent to an activating group) is 2. The van der Waals surface area contributed by atoms with Gasteiger partial charge in [0, 0.05) is 40.3 Å². The molecule has 0 aromatic heterocycles. The topological polar surface area (TPSA) is 49.3 Å². The van der Waals surface area contributed by atoms with Crippen molar-refractivity contribution in [2.45, 2.75) is 19.4 Å². The first-order valence-corrected chi connectivity index (χ1v) is 9.44. The summed E-state index contributed by atoms with van der Waals surface area (Å²) in [4.78, 5) is 8.57. The maximum atomic E-state index is 5.80. The summed E-state index contributed by atoms with van der Waals surface area (Å²) in [6.07, 6.45) is 2.66. The third-order valence-electron chi connectivity index (χ3n) is 4.35. The van der Waals surface area contributed by atoms with Crippen LogP contribution >= 0.6 is 24.0 Å². The minimum atomic E-state index is 0. The van der Waals surface area contributed by atoms with Gasteiger partial charge in [0.2, 0.25) is 0 Å². The number of halogens is 1. The van der Waals surface area contributed by atoms with Crippen molar-refractivity contribution in [3.63, 3.8) is 0 Å². The van der Waals surface area contributed by atoms with E-state index < -0.39 is 0 Å². The molecule has 0 radical (unpaired) electrons. The van der Waals surface area contributed by atoms with Crippen molar-refractivity contribution in [1.29, 1.82) is 0 Å². The first-order valence-electron chi connectivity index (χ1n) is 9.44. The highest BCUT2D eigenvalue weighted by Crippen LogP contribution is 2.28. The van der Waals surface area contributed by atoms with Crippen LogP contribution in [0.1, 0.15) is 18.4 Å². The van der Waals surface area contributed by atoms with E-state index in [4.69, 9.17) is 9.47 Å². The number of guanidine groups is 1. The van der Waals surface area contributed by atoms with E-state index in [1.165, 1.54) is 18.4 Å². The number of hydrogen-bond donors (Lipinski definition) is 1. The van der Waals surface area contributed by atoms with E-state index in [9.17, 15) is 0 Å². The molecule has 1 aromatic carbocycles. The normalized spacial score (nSPS) is 14.0. The van der Waals surface area contributed by atoms with Crippen LogP contribution in [0.3, 0.4) is 0 Å². The first kappa shape index (κ1) is 24.0. The van der Waals surface area contributed by atoms with Crippen molar-refractivity contribution >= 4 is 29.9 Å². The van der Waals surface area contributed by atoms with E-state index in [-0.39, 0.29) is 24.0 Å². The summed E-state index contributed by atoms with van der Waals surface area (Å²) >= 11 is 0. The molecule has 0 spiro atoms. The number of nitrogens with zero attached hydrogens (tertiary/aromatic N) is 3. The molecule has 1 N–H and O–H groups in total. The third-order valence-corrected chi connectivity index (χ3v) is 4.35. The van der Waals surface area contributed by atoms with Crippen LogP contribution < -0.4 is 10.1 Å². The van der Waals surface area contributed by atoms with E-state index in [1.807, 2.05) is 40.3 Å². The molecule has 27 heavy (non-hydrogen) atoms. The average Bonchev–Trinajstić information content (AvgIpc) is 3.44. The van der Waals surface area contributed by atoms with Gasteiger partial charge in [-0.2, -0.15) is 0 Å². The van der Waals surface area contributed by atoms with Gasteiger partial charge >= 0.3 is 0 Å². The second kappa shape index (κ2) is 13.2. The number of nitrogens with one attached hydrogen (secondary N) is 1. The van der Waals surface area contributed by atoms with Crippen LogP contribution in [0.4, 0.5) is 0 Å². The second-order valence-electron chi connectivity index (χ2n) is 7.14. The summed E-state index contributed by atoms with van der Waals surface area (Å²) in [6, 6.07) is 8.20. The molecule has 6 nitrogen and oxygen atoms in total. The zero-order valence-corrected chi connectivity index (χ0v) is 19.4. The highest BCUT2D eigenvalue weighted by Gasteiger charge is 2.21. The molecule has 154 valence electrons. The lowest BCUT2D eigenvalue weighted by Crippen LogP contribution is -2.40. The van der Waals surface area contributed by atoms with Crippen LogP contribution in [0.25, 0.3) is 0 Å². The monoisotopic (exact) mass is 490 g/mol. The fraction of sp³-hybridized carbons (Fsp3) is 0.650. The Morgan fingerprint density at radius 3 is 2.63 bits per heavy atom. The summed E-state index contributed by atoms with van der Waals surface area (Å²) in [7, 11) is 7.94. The van der Waals surface area contributed by atoms with Crippen LogP contribution in [0.15, 0.2) is 29.3 Å². The van der Waals surface area contributed by atoms with Gasteiger partial charge in [-0.3, -0.25) is 4.99 Å². The molecule has 0 atom stereocenters. The largest absolute Gasteiger partial charge is 0.492 e. The molecular weight excluding hydrogens is 455 g/mol. The SMILES string of the molecule is CN=C(NCc1cccc(OCCN(C)C)c1)N(C)CCOCC1CC1.I. The van der Waals surface area contributed by atoms with Crippen molar-refractivity contribution < 1.29 is 9.47 Å². The number of benzene rings is 1. The van der Waals surface area contributed by atoms with Gasteiger partial charge in [-0.15, -0.1) is 24.0 Å². The molecule has 1 fully saturated rings. The van der Waals surface area contributed by atoms with Gasteiger partial charge in [-0.05, 0) is 50.6 Å². The molecule has 0 aliphatic heterocycles. The van der Waals surface area contributed by atoms with Gasteiger partial charge in [0.1, 0.15) is 12.4 Å². The van der Waals surface area contributed by atoms with Gasteiger partial charge in [0.15, 0.2) is 5.96 Å². The molecule has 1 aliphatic carbocycles. The summed E-state index contributed by atoms with van der Waals surface area (Å²) in [5, 5.41) is 3.41. The summed E-state index contributed by atoms with van der Waals surface area (Å²) < 4.78 is 11.5. The molecule has 2 rings (SSSR count). The van der Waals surface area contributed by atoms with Crippen molar-refractivity contribution in [2.24, 2.45) is 10.9 Å². The summed E-state index contributed by atoms with van der Waals surface area (Å²) in [6.45, 7) is 4.78. The van der Waals surface area contributed by atoms with Crippen LogP contribution in [-0.2, 0) is 11.3 Å². The molecule has 1 aromatic rings. The second-order valence-corrected chi connectivity index (χ2v) is 7.14. The first-order chi connectivity index (χ1) is 12.6. The quantitative estimate of drug-likeness (QED) is 0.224. The Hall–Kier alpha value is -1.06. The maximum Gasteiger partial charge on any atom is 0.193 e. The Balaban J connectivity index is 0.00000364. The van der Waals surface area contributed by atoms with E-state index in [0.29, 0.717) is 13.2 Å². The van der Waals surface area contributed by atoms with Crippen LogP contribution in [0.5, 0.6) is 5.75 Å². The number of hydrogen-bond acceptors (Lipinski definition) is 4. The van der Waals surface area contributed by atoms with E-state index in [2.05, 4.69) is 32.2 Å². The van der Waals surface area contributed by atoms with Crippen molar-refractivity contribution in [1.82, 2.24) is 15.1 Å². The zero-order chi connectivity index (χ0) is 18.8. The van der Waals surface area contributed by atoms with E-state index >= 15 is 0 Å².